The number of imide groups is 1. The molecule has 4 atom stereocenters. The second-order valence-corrected chi connectivity index (χ2v) is 9.34. The van der Waals surface area contributed by atoms with Gasteiger partial charge in [-0.1, -0.05) is 48.5 Å². The Morgan fingerprint density at radius 3 is 2.18 bits per heavy atom. The van der Waals surface area contributed by atoms with E-state index in [1.54, 1.807) is 13.8 Å². The summed E-state index contributed by atoms with van der Waals surface area (Å²) in [6.45, 7) is 4.26. The highest BCUT2D eigenvalue weighted by atomic mass is 16.5. The second-order valence-electron chi connectivity index (χ2n) is 9.34. The summed E-state index contributed by atoms with van der Waals surface area (Å²) in [5.74, 6) is -2.20. The summed E-state index contributed by atoms with van der Waals surface area (Å²) < 4.78 is 5.20. The van der Waals surface area contributed by atoms with Crippen molar-refractivity contribution >= 4 is 23.6 Å². The van der Waals surface area contributed by atoms with E-state index in [0.29, 0.717) is 25.1 Å². The molecule has 0 radical (unpaired) electrons. The Morgan fingerprint density at radius 1 is 1.00 bits per heavy atom. The van der Waals surface area contributed by atoms with Crippen molar-refractivity contribution in [3.8, 4) is 11.1 Å². The largest absolute Gasteiger partial charge is 0.468 e. The molecular weight excluding hydrogens is 432 g/mol. The Labute approximate surface area is 198 Å². The van der Waals surface area contributed by atoms with E-state index in [2.05, 4.69) is 0 Å². The van der Waals surface area contributed by atoms with Gasteiger partial charge < -0.3 is 4.74 Å². The minimum absolute atomic E-state index is 0.0225. The summed E-state index contributed by atoms with van der Waals surface area (Å²) in [6, 6.07) is 15.0. The van der Waals surface area contributed by atoms with Crippen LogP contribution >= 0.6 is 0 Å². The first-order valence-electron chi connectivity index (χ1n) is 11.8. The number of rotatable bonds is 5. The van der Waals surface area contributed by atoms with E-state index in [9.17, 15) is 19.2 Å². The van der Waals surface area contributed by atoms with Crippen LogP contribution < -0.4 is 0 Å². The maximum atomic E-state index is 13.4. The van der Waals surface area contributed by atoms with E-state index in [1.165, 1.54) is 12.0 Å². The van der Waals surface area contributed by atoms with E-state index in [-0.39, 0.29) is 23.6 Å². The molecule has 3 heterocycles. The van der Waals surface area contributed by atoms with Gasteiger partial charge in [-0.2, -0.15) is 0 Å². The number of hydrogen-bond acceptors (Lipinski definition) is 6. The maximum Gasteiger partial charge on any atom is 0.327 e. The highest BCUT2D eigenvalue weighted by molar-refractivity contribution is 6.09. The van der Waals surface area contributed by atoms with Crippen LogP contribution in [0.3, 0.4) is 0 Å². The lowest BCUT2D eigenvalue weighted by atomic mass is 9.77. The molecular formula is C27H28N2O5. The SMILES string of the molecule is CCN1C(=O)[C@@H]2[C@@H](c3ccc(-c4ccc(C(C)=O)cc4)cc3)N3CCC[C@@]3(C(=O)OC)[C@@H]2C1=O. The Hall–Kier alpha value is -3.32. The quantitative estimate of drug-likeness (QED) is 0.387. The van der Waals surface area contributed by atoms with Crippen molar-refractivity contribution in [3.05, 3.63) is 59.7 Å². The summed E-state index contributed by atoms with van der Waals surface area (Å²) in [5, 5.41) is 0. The van der Waals surface area contributed by atoms with Gasteiger partial charge in [-0.05, 0) is 49.9 Å². The van der Waals surface area contributed by atoms with Crippen LogP contribution in [0.4, 0.5) is 0 Å². The van der Waals surface area contributed by atoms with Gasteiger partial charge in [-0.3, -0.25) is 29.0 Å². The Morgan fingerprint density at radius 2 is 1.62 bits per heavy atom. The number of ketones is 1. The van der Waals surface area contributed by atoms with E-state index in [1.807, 2.05) is 53.4 Å². The molecule has 0 N–H and O–H groups in total. The minimum Gasteiger partial charge on any atom is -0.468 e. The van der Waals surface area contributed by atoms with Crippen LogP contribution in [0, 0.1) is 11.8 Å². The molecule has 0 saturated carbocycles. The predicted molar refractivity (Wildman–Crippen MR) is 125 cm³/mol. The number of esters is 1. The first-order valence-corrected chi connectivity index (χ1v) is 11.8. The molecule has 5 rings (SSSR count). The van der Waals surface area contributed by atoms with Crippen molar-refractivity contribution in [2.45, 2.75) is 38.3 Å². The number of carbonyl (C=O) groups excluding carboxylic acids is 4. The molecule has 3 saturated heterocycles. The number of Topliss-reactive ketones (excluding diaryl/α,β-unsaturated/α-hetero) is 1. The van der Waals surface area contributed by atoms with Crippen molar-refractivity contribution in [1.82, 2.24) is 9.80 Å². The van der Waals surface area contributed by atoms with Crippen molar-refractivity contribution < 1.29 is 23.9 Å². The summed E-state index contributed by atoms with van der Waals surface area (Å²) >= 11 is 0. The summed E-state index contributed by atoms with van der Waals surface area (Å²) in [5.41, 5.74) is 2.44. The van der Waals surface area contributed by atoms with E-state index in [4.69, 9.17) is 4.74 Å². The van der Waals surface area contributed by atoms with Gasteiger partial charge in [-0.15, -0.1) is 0 Å². The van der Waals surface area contributed by atoms with Crippen molar-refractivity contribution in [3.63, 3.8) is 0 Å². The lowest BCUT2D eigenvalue weighted by Crippen LogP contribution is -2.54. The maximum absolute atomic E-state index is 13.4. The fourth-order valence-corrected chi connectivity index (χ4v) is 6.34. The first-order chi connectivity index (χ1) is 16.3. The molecule has 3 aliphatic rings. The number of fused-ring (bicyclic) bond motifs is 3. The van der Waals surface area contributed by atoms with Crippen LogP contribution in [0.2, 0.25) is 0 Å². The number of benzene rings is 2. The molecule has 7 heteroatoms. The van der Waals surface area contributed by atoms with Gasteiger partial charge in [0, 0.05) is 18.2 Å². The fraction of sp³-hybridized carbons (Fsp3) is 0.407. The molecule has 0 aliphatic carbocycles. The van der Waals surface area contributed by atoms with Crippen molar-refractivity contribution in [1.29, 1.82) is 0 Å². The number of hydrogen-bond donors (Lipinski definition) is 0. The smallest absolute Gasteiger partial charge is 0.327 e. The standard InChI is InChI=1S/C27H28N2O5/c1-4-28-24(31)21-22(25(28)32)27(26(33)34-3)14-5-15-29(27)23(21)20-12-10-19(11-13-20)18-8-6-17(7-9-18)16(2)30/h6-13,21-23H,4-5,14-15H2,1-3H3/t21-,22-,23+,27-/m0/s1. The molecule has 0 unspecified atom stereocenters. The highest BCUT2D eigenvalue weighted by Crippen LogP contribution is 2.59. The number of methoxy groups -OCH3 is 1. The zero-order valence-corrected chi connectivity index (χ0v) is 19.6. The highest BCUT2D eigenvalue weighted by Gasteiger charge is 2.73. The van der Waals surface area contributed by atoms with Crippen LogP contribution in [-0.4, -0.2) is 59.1 Å². The van der Waals surface area contributed by atoms with Crippen LogP contribution in [0.5, 0.6) is 0 Å². The zero-order valence-electron chi connectivity index (χ0n) is 19.6. The van der Waals surface area contributed by atoms with Crippen molar-refractivity contribution in [2.24, 2.45) is 11.8 Å². The molecule has 3 aliphatic heterocycles. The second kappa shape index (κ2) is 8.17. The van der Waals surface area contributed by atoms with E-state index < -0.39 is 23.3 Å². The van der Waals surface area contributed by atoms with Crippen LogP contribution in [-0.2, 0) is 19.1 Å². The minimum atomic E-state index is -1.10. The van der Waals surface area contributed by atoms with E-state index in [0.717, 1.165) is 23.1 Å². The number of nitrogens with zero attached hydrogens (tertiary/aromatic N) is 2. The van der Waals surface area contributed by atoms with Gasteiger partial charge in [0.1, 0.15) is 5.54 Å². The van der Waals surface area contributed by atoms with Gasteiger partial charge in [0.2, 0.25) is 11.8 Å². The van der Waals surface area contributed by atoms with Gasteiger partial charge in [0.25, 0.3) is 0 Å². The summed E-state index contributed by atoms with van der Waals surface area (Å²) in [4.78, 5) is 54.7. The molecule has 176 valence electrons. The molecule has 34 heavy (non-hydrogen) atoms. The van der Waals surface area contributed by atoms with Crippen molar-refractivity contribution in [2.75, 3.05) is 20.2 Å². The molecule has 2 aromatic rings. The third-order valence-electron chi connectivity index (χ3n) is 7.83. The molecule has 0 spiro atoms. The topological polar surface area (TPSA) is 84.0 Å². The average Bonchev–Trinajstić information content (AvgIpc) is 3.47. The molecule has 3 fully saturated rings. The van der Waals surface area contributed by atoms with Crippen LogP contribution in [0.1, 0.15) is 48.7 Å². The lowest BCUT2D eigenvalue weighted by molar-refractivity contribution is -0.159. The predicted octanol–water partition coefficient (Wildman–Crippen LogP) is 3.24. The normalized spacial score (nSPS) is 28.2. The number of amides is 2. The summed E-state index contributed by atoms with van der Waals surface area (Å²) in [7, 11) is 1.35. The fourth-order valence-electron chi connectivity index (χ4n) is 6.34. The van der Waals surface area contributed by atoms with Gasteiger partial charge in [0.05, 0.1) is 18.9 Å². The summed E-state index contributed by atoms with van der Waals surface area (Å²) in [6.07, 6.45) is 1.28. The first kappa shape index (κ1) is 22.5. The lowest BCUT2D eigenvalue weighted by Gasteiger charge is -2.36. The monoisotopic (exact) mass is 460 g/mol. The zero-order chi connectivity index (χ0) is 24.2. The Balaban J connectivity index is 1.55. The third kappa shape index (κ3) is 2.99. The molecule has 0 bridgehead atoms. The van der Waals surface area contributed by atoms with E-state index >= 15 is 0 Å². The van der Waals surface area contributed by atoms with Crippen LogP contribution in [0.15, 0.2) is 48.5 Å². The third-order valence-corrected chi connectivity index (χ3v) is 7.83. The number of ether oxygens (including phenoxy) is 1. The molecule has 2 aromatic carbocycles. The number of carbonyl (C=O) groups is 4. The Kier molecular flexibility index (Phi) is 5.40. The molecule has 7 nitrogen and oxygen atoms in total. The van der Waals surface area contributed by atoms with Gasteiger partial charge in [-0.25, -0.2) is 0 Å². The molecule has 2 amide bonds. The van der Waals surface area contributed by atoms with Crippen LogP contribution in [0.25, 0.3) is 11.1 Å². The Bertz CT molecular complexity index is 1170. The average molecular weight is 461 g/mol. The molecule has 0 aromatic heterocycles. The number of likely N-dealkylation sites (tertiary alicyclic amines) is 1. The van der Waals surface area contributed by atoms with Gasteiger partial charge >= 0.3 is 5.97 Å². The van der Waals surface area contributed by atoms with Gasteiger partial charge in [0.15, 0.2) is 5.78 Å².